The summed E-state index contributed by atoms with van der Waals surface area (Å²) in [4.78, 5) is 12.3. The van der Waals surface area contributed by atoms with Crippen molar-refractivity contribution in [2.45, 2.75) is 12.0 Å². The van der Waals surface area contributed by atoms with E-state index in [0.29, 0.717) is 28.8 Å². The normalized spacial score (nSPS) is 20.7. The maximum Gasteiger partial charge on any atom is 0.251 e. The van der Waals surface area contributed by atoms with Crippen LogP contribution in [0.4, 0.5) is 0 Å². The number of benzene rings is 2. The first-order valence-corrected chi connectivity index (χ1v) is 9.01. The Kier molecular flexibility index (Phi) is 6.32. The van der Waals surface area contributed by atoms with Crippen LogP contribution in [0.1, 0.15) is 21.8 Å². The van der Waals surface area contributed by atoms with Crippen molar-refractivity contribution in [3.8, 4) is 0 Å². The van der Waals surface area contributed by atoms with Crippen LogP contribution in [0.15, 0.2) is 48.5 Å². The van der Waals surface area contributed by atoms with Crippen molar-refractivity contribution in [3.05, 3.63) is 69.7 Å². The number of rotatable bonds is 4. The molecule has 1 heterocycles. The van der Waals surface area contributed by atoms with Crippen LogP contribution < -0.4 is 10.6 Å². The quantitative estimate of drug-likeness (QED) is 0.855. The molecule has 0 bridgehead atoms. The molecule has 2 atom stereocenters. The van der Waals surface area contributed by atoms with Crippen molar-refractivity contribution in [1.82, 2.24) is 10.6 Å². The van der Waals surface area contributed by atoms with Gasteiger partial charge in [0.25, 0.3) is 5.91 Å². The van der Waals surface area contributed by atoms with E-state index >= 15 is 0 Å². The number of carbonyl (C=O) groups excluding carboxylic acids is 1. The predicted molar refractivity (Wildman–Crippen MR) is 101 cm³/mol. The highest BCUT2D eigenvalue weighted by Gasteiger charge is 2.27. The van der Waals surface area contributed by atoms with Gasteiger partial charge in [0.1, 0.15) is 0 Å². The number of carbonyl (C=O) groups is 1. The van der Waals surface area contributed by atoms with E-state index < -0.39 is 0 Å². The zero-order chi connectivity index (χ0) is 17.6. The second-order valence-electron chi connectivity index (χ2n) is 5.97. The topological polar surface area (TPSA) is 50.4 Å². The molecular weight excluding hydrogens is 359 g/mol. The standard InChI is InChI=1S/C19H20Cl2N2O2/c20-16-7-6-14(10-17(16)21)15-11-22-8-9-25-18(15)12-23-19(24)13-4-2-1-3-5-13/h1-7,10,15,18,22H,8-9,11-12H2,(H,23,24)/t15-,18+/m1/s1. The average molecular weight is 379 g/mol. The molecule has 132 valence electrons. The summed E-state index contributed by atoms with van der Waals surface area (Å²) in [6.07, 6.45) is -0.139. The molecule has 0 aliphatic carbocycles. The highest BCUT2D eigenvalue weighted by molar-refractivity contribution is 6.42. The molecule has 1 fully saturated rings. The van der Waals surface area contributed by atoms with E-state index in [0.717, 1.165) is 18.7 Å². The third-order valence-corrected chi connectivity index (χ3v) is 5.03. The zero-order valence-corrected chi connectivity index (χ0v) is 15.2. The van der Waals surface area contributed by atoms with Crippen molar-refractivity contribution >= 4 is 29.1 Å². The first-order valence-electron chi connectivity index (χ1n) is 8.25. The van der Waals surface area contributed by atoms with Crippen LogP contribution in [-0.4, -0.2) is 38.3 Å². The Morgan fingerprint density at radius 2 is 1.96 bits per heavy atom. The van der Waals surface area contributed by atoms with Crippen LogP contribution in [0.3, 0.4) is 0 Å². The molecule has 6 heteroatoms. The van der Waals surface area contributed by atoms with Crippen LogP contribution in [-0.2, 0) is 4.74 Å². The van der Waals surface area contributed by atoms with Crippen molar-refractivity contribution in [1.29, 1.82) is 0 Å². The Morgan fingerprint density at radius 1 is 1.16 bits per heavy atom. The van der Waals surface area contributed by atoms with Gasteiger partial charge in [-0.3, -0.25) is 4.79 Å². The largest absolute Gasteiger partial charge is 0.374 e. The van der Waals surface area contributed by atoms with E-state index in [2.05, 4.69) is 10.6 Å². The van der Waals surface area contributed by atoms with Gasteiger partial charge in [0.05, 0.1) is 22.8 Å². The van der Waals surface area contributed by atoms with Crippen molar-refractivity contribution in [2.24, 2.45) is 0 Å². The van der Waals surface area contributed by atoms with E-state index in [1.54, 1.807) is 18.2 Å². The predicted octanol–water partition coefficient (Wildman–Crippen LogP) is 3.50. The lowest BCUT2D eigenvalue weighted by Crippen LogP contribution is -2.38. The summed E-state index contributed by atoms with van der Waals surface area (Å²) in [7, 11) is 0. The number of ether oxygens (including phenoxy) is 1. The minimum absolute atomic E-state index is 0.0772. The van der Waals surface area contributed by atoms with Gasteiger partial charge in [-0.25, -0.2) is 0 Å². The number of amides is 1. The molecule has 1 saturated heterocycles. The molecule has 0 radical (unpaired) electrons. The van der Waals surface area contributed by atoms with E-state index in [1.807, 2.05) is 30.3 Å². The lowest BCUT2D eigenvalue weighted by molar-refractivity contribution is 0.0499. The second kappa shape index (κ2) is 8.68. The van der Waals surface area contributed by atoms with Gasteiger partial charge in [-0.05, 0) is 29.8 Å². The molecule has 1 aliphatic rings. The first kappa shape index (κ1) is 18.2. The van der Waals surface area contributed by atoms with E-state index in [9.17, 15) is 4.79 Å². The molecule has 0 aromatic heterocycles. The fraction of sp³-hybridized carbons (Fsp3) is 0.316. The smallest absolute Gasteiger partial charge is 0.251 e. The SMILES string of the molecule is O=C(NC[C@@H]1OCCNC[C@@H]1c1ccc(Cl)c(Cl)c1)c1ccccc1. The van der Waals surface area contributed by atoms with E-state index in [-0.39, 0.29) is 17.9 Å². The van der Waals surface area contributed by atoms with Crippen molar-refractivity contribution in [2.75, 3.05) is 26.2 Å². The summed E-state index contributed by atoms with van der Waals surface area (Å²) >= 11 is 12.2. The van der Waals surface area contributed by atoms with Gasteiger partial charge in [0.15, 0.2) is 0 Å². The molecule has 0 unspecified atom stereocenters. The third-order valence-electron chi connectivity index (χ3n) is 4.30. The maximum atomic E-state index is 12.3. The third kappa shape index (κ3) is 4.73. The van der Waals surface area contributed by atoms with Crippen molar-refractivity contribution in [3.63, 3.8) is 0 Å². The van der Waals surface area contributed by atoms with E-state index in [4.69, 9.17) is 27.9 Å². The molecule has 25 heavy (non-hydrogen) atoms. The Hall–Kier alpha value is -1.59. The molecule has 2 aromatic rings. The summed E-state index contributed by atoms with van der Waals surface area (Å²) in [5.74, 6) is -0.0253. The minimum Gasteiger partial charge on any atom is -0.374 e. The number of nitrogens with one attached hydrogen (secondary N) is 2. The second-order valence-corrected chi connectivity index (χ2v) is 6.78. The number of hydrogen-bond donors (Lipinski definition) is 2. The zero-order valence-electron chi connectivity index (χ0n) is 13.7. The summed E-state index contributed by atoms with van der Waals surface area (Å²) < 4.78 is 5.97. The van der Waals surface area contributed by atoms with Crippen LogP contribution in [0.5, 0.6) is 0 Å². The molecular formula is C19H20Cl2N2O2. The minimum atomic E-state index is -0.139. The van der Waals surface area contributed by atoms with Gasteiger partial charge in [-0.15, -0.1) is 0 Å². The Bertz CT molecular complexity index is 725. The van der Waals surface area contributed by atoms with Gasteiger partial charge in [-0.2, -0.15) is 0 Å². The van der Waals surface area contributed by atoms with Crippen LogP contribution >= 0.6 is 23.2 Å². The average Bonchev–Trinajstić information content (AvgIpc) is 2.88. The van der Waals surface area contributed by atoms with Crippen LogP contribution in [0, 0.1) is 0 Å². The van der Waals surface area contributed by atoms with Crippen LogP contribution in [0.25, 0.3) is 0 Å². The molecule has 1 amide bonds. The molecule has 0 saturated carbocycles. The fourth-order valence-corrected chi connectivity index (χ4v) is 3.26. The van der Waals surface area contributed by atoms with Crippen LogP contribution in [0.2, 0.25) is 10.0 Å². The Morgan fingerprint density at radius 3 is 2.72 bits per heavy atom. The number of hydrogen-bond acceptors (Lipinski definition) is 3. The van der Waals surface area contributed by atoms with Crippen molar-refractivity contribution < 1.29 is 9.53 Å². The summed E-state index contributed by atoms with van der Waals surface area (Å²) in [5.41, 5.74) is 1.68. The lowest BCUT2D eigenvalue weighted by Gasteiger charge is -2.25. The summed E-state index contributed by atoms with van der Waals surface area (Å²) in [6, 6.07) is 14.8. The molecule has 2 aromatic carbocycles. The molecule has 1 aliphatic heterocycles. The molecule has 4 nitrogen and oxygen atoms in total. The highest BCUT2D eigenvalue weighted by atomic mass is 35.5. The summed E-state index contributed by atoms with van der Waals surface area (Å²) in [5, 5.41) is 7.39. The number of halogens is 2. The Labute approximate surface area is 157 Å². The molecule has 0 spiro atoms. The monoisotopic (exact) mass is 378 g/mol. The fourth-order valence-electron chi connectivity index (χ4n) is 2.95. The van der Waals surface area contributed by atoms with Gasteiger partial charge >= 0.3 is 0 Å². The van der Waals surface area contributed by atoms with E-state index in [1.165, 1.54) is 0 Å². The van der Waals surface area contributed by atoms with Gasteiger partial charge in [-0.1, -0.05) is 47.5 Å². The van der Waals surface area contributed by atoms with Gasteiger partial charge in [0.2, 0.25) is 0 Å². The van der Waals surface area contributed by atoms with Gasteiger partial charge < -0.3 is 15.4 Å². The molecule has 2 N–H and O–H groups in total. The highest BCUT2D eigenvalue weighted by Crippen LogP contribution is 2.29. The maximum absolute atomic E-state index is 12.3. The Balaban J connectivity index is 1.72. The lowest BCUT2D eigenvalue weighted by atomic mass is 9.93. The van der Waals surface area contributed by atoms with Gasteiger partial charge in [0, 0.05) is 31.1 Å². The molecule has 3 rings (SSSR count). The first-order chi connectivity index (χ1) is 12.1. The summed E-state index contributed by atoms with van der Waals surface area (Å²) in [6.45, 7) is 2.56.